The number of benzene rings is 1. The fourth-order valence-electron chi connectivity index (χ4n) is 3.08. The van der Waals surface area contributed by atoms with Crippen LogP contribution in [0, 0.1) is 12.3 Å². The van der Waals surface area contributed by atoms with Crippen molar-refractivity contribution in [3.8, 4) is 12.3 Å². The Labute approximate surface area is 191 Å². The number of nitrogens with zero attached hydrogens (tertiary/aromatic N) is 1. The van der Waals surface area contributed by atoms with Crippen LogP contribution in [-0.2, 0) is 20.5 Å². The molecule has 2 aromatic rings. The molecule has 2 N–H and O–H groups in total. The van der Waals surface area contributed by atoms with Crippen molar-refractivity contribution in [3.05, 3.63) is 45.6 Å². The van der Waals surface area contributed by atoms with Crippen LogP contribution in [0.25, 0.3) is 0 Å². The van der Waals surface area contributed by atoms with E-state index in [2.05, 4.69) is 16.6 Å². The summed E-state index contributed by atoms with van der Waals surface area (Å²) < 4.78 is 46.1. The molecule has 0 saturated carbocycles. The van der Waals surface area contributed by atoms with Gasteiger partial charge >= 0.3 is 6.18 Å². The number of ether oxygens (including phenoxy) is 1. The number of amides is 3. The maximum Gasteiger partial charge on any atom is 0.418 e. The zero-order valence-electron chi connectivity index (χ0n) is 17.7. The van der Waals surface area contributed by atoms with Crippen LogP contribution in [0.5, 0.6) is 0 Å². The molecular weight excluding hydrogens is 459 g/mol. The number of hydrogen-bond donors (Lipinski definition) is 2. The number of thiophene rings is 1. The molecule has 0 radical (unpaired) electrons. The highest BCUT2D eigenvalue weighted by Gasteiger charge is 2.38. The molecule has 1 aromatic carbocycles. The van der Waals surface area contributed by atoms with Gasteiger partial charge in [0.2, 0.25) is 5.91 Å². The van der Waals surface area contributed by atoms with Gasteiger partial charge in [0.15, 0.2) is 0 Å². The van der Waals surface area contributed by atoms with Gasteiger partial charge in [-0.2, -0.15) is 13.2 Å². The predicted molar refractivity (Wildman–Crippen MR) is 117 cm³/mol. The van der Waals surface area contributed by atoms with Crippen molar-refractivity contribution < 1.29 is 32.3 Å². The van der Waals surface area contributed by atoms with Crippen LogP contribution in [0.1, 0.15) is 34.0 Å². The van der Waals surface area contributed by atoms with Crippen LogP contribution in [0.2, 0.25) is 0 Å². The van der Waals surface area contributed by atoms with Crippen molar-refractivity contribution in [2.45, 2.75) is 25.6 Å². The highest BCUT2D eigenvalue weighted by molar-refractivity contribution is 7.14. The van der Waals surface area contributed by atoms with Crippen molar-refractivity contribution in [2.75, 3.05) is 30.0 Å². The summed E-state index contributed by atoms with van der Waals surface area (Å²) >= 11 is 1.07. The Kier molecular flexibility index (Phi) is 6.81. The molecule has 11 heteroatoms. The van der Waals surface area contributed by atoms with E-state index in [0.29, 0.717) is 9.75 Å². The summed E-state index contributed by atoms with van der Waals surface area (Å²) in [7, 11) is 0. The molecule has 0 spiro atoms. The minimum Gasteiger partial charge on any atom is -0.370 e. The molecule has 1 saturated heterocycles. The average Bonchev–Trinajstić information content (AvgIpc) is 3.23. The summed E-state index contributed by atoms with van der Waals surface area (Å²) in [4.78, 5) is 39.0. The van der Waals surface area contributed by atoms with E-state index in [-0.39, 0.29) is 31.1 Å². The Morgan fingerprint density at radius 1 is 1.21 bits per heavy atom. The fourth-order valence-corrected chi connectivity index (χ4v) is 3.79. The van der Waals surface area contributed by atoms with Crippen molar-refractivity contribution in [2.24, 2.45) is 0 Å². The molecule has 1 fully saturated rings. The van der Waals surface area contributed by atoms with Crippen LogP contribution in [0.3, 0.4) is 0 Å². The molecule has 33 heavy (non-hydrogen) atoms. The van der Waals surface area contributed by atoms with Crippen LogP contribution in [0.4, 0.5) is 24.5 Å². The summed E-state index contributed by atoms with van der Waals surface area (Å²) in [5.74, 6) is 0.544. The lowest BCUT2D eigenvalue weighted by Crippen LogP contribution is -2.52. The Bertz CT molecular complexity index is 1130. The van der Waals surface area contributed by atoms with E-state index in [9.17, 15) is 27.6 Å². The average molecular weight is 479 g/mol. The topological polar surface area (TPSA) is 87.7 Å². The van der Waals surface area contributed by atoms with Crippen molar-refractivity contribution >= 4 is 40.4 Å². The Balaban J connectivity index is 1.80. The molecular formula is C22H20F3N3O4S. The smallest absolute Gasteiger partial charge is 0.370 e. The number of morpholine rings is 1. The van der Waals surface area contributed by atoms with Gasteiger partial charge in [0.05, 0.1) is 27.6 Å². The SMILES string of the molecule is C#Cc1ccc(C(=O)NC(C)(C)C(=O)Nc2ccc(N3CCOCC3=O)c(C(F)(F)F)c2)s1. The molecule has 1 aliphatic rings. The summed E-state index contributed by atoms with van der Waals surface area (Å²) in [5.41, 5.74) is -2.97. The van der Waals surface area contributed by atoms with Crippen LogP contribution < -0.4 is 15.5 Å². The maximum atomic E-state index is 13.7. The molecule has 3 amide bonds. The van der Waals surface area contributed by atoms with Crippen molar-refractivity contribution in [1.29, 1.82) is 0 Å². The van der Waals surface area contributed by atoms with E-state index in [4.69, 9.17) is 11.2 Å². The third-order valence-electron chi connectivity index (χ3n) is 4.80. The number of halogens is 3. The van der Waals surface area contributed by atoms with Gasteiger partial charge in [-0.05, 0) is 44.2 Å². The van der Waals surface area contributed by atoms with Gasteiger partial charge in [-0.1, -0.05) is 5.92 Å². The summed E-state index contributed by atoms with van der Waals surface area (Å²) in [6.45, 7) is 2.62. The normalized spacial score (nSPS) is 14.5. The number of anilines is 2. The fraction of sp³-hybridized carbons (Fsp3) is 0.318. The van der Waals surface area contributed by atoms with Gasteiger partial charge in [-0.25, -0.2) is 0 Å². The number of alkyl halides is 3. The zero-order chi connectivity index (χ0) is 24.4. The zero-order valence-corrected chi connectivity index (χ0v) is 18.5. The first kappa shape index (κ1) is 24.3. The molecule has 7 nitrogen and oxygen atoms in total. The Morgan fingerprint density at radius 3 is 2.55 bits per heavy atom. The Hall–Kier alpha value is -3.36. The van der Waals surface area contributed by atoms with Crippen molar-refractivity contribution in [1.82, 2.24) is 5.32 Å². The minimum absolute atomic E-state index is 0.0171. The molecule has 0 aliphatic carbocycles. The molecule has 0 unspecified atom stereocenters. The highest BCUT2D eigenvalue weighted by atomic mass is 32.1. The second-order valence-electron chi connectivity index (χ2n) is 7.67. The third kappa shape index (κ3) is 5.53. The van der Waals surface area contributed by atoms with Gasteiger partial charge in [-0.15, -0.1) is 17.8 Å². The third-order valence-corrected chi connectivity index (χ3v) is 5.82. The molecule has 1 aliphatic heterocycles. The summed E-state index contributed by atoms with van der Waals surface area (Å²) in [6, 6.07) is 6.25. The lowest BCUT2D eigenvalue weighted by atomic mass is 10.0. The van der Waals surface area contributed by atoms with E-state index in [1.807, 2.05) is 0 Å². The van der Waals surface area contributed by atoms with Crippen LogP contribution in [0.15, 0.2) is 30.3 Å². The Morgan fingerprint density at radius 2 is 1.94 bits per heavy atom. The lowest BCUT2D eigenvalue weighted by molar-refractivity contribution is -0.137. The largest absolute Gasteiger partial charge is 0.418 e. The predicted octanol–water partition coefficient (Wildman–Crippen LogP) is 3.26. The van der Waals surface area contributed by atoms with E-state index >= 15 is 0 Å². The second-order valence-corrected chi connectivity index (χ2v) is 8.75. The first-order valence-electron chi connectivity index (χ1n) is 9.72. The number of rotatable bonds is 5. The summed E-state index contributed by atoms with van der Waals surface area (Å²) in [5, 5.41) is 4.94. The van der Waals surface area contributed by atoms with E-state index in [1.165, 1.54) is 26.0 Å². The number of nitrogens with one attached hydrogen (secondary N) is 2. The minimum atomic E-state index is -4.77. The molecule has 1 aromatic heterocycles. The monoisotopic (exact) mass is 479 g/mol. The number of terminal acetylenes is 1. The van der Waals surface area contributed by atoms with Gasteiger partial charge in [0, 0.05) is 12.2 Å². The number of hydrogen-bond acceptors (Lipinski definition) is 5. The molecule has 2 heterocycles. The molecule has 0 atom stereocenters. The standard InChI is InChI=1S/C22H20F3N3O4S/c1-4-14-6-8-17(33-14)19(30)27-21(2,3)20(31)26-13-5-7-16(15(11-13)22(23,24)25)28-9-10-32-12-18(28)29/h1,5-8,11H,9-10,12H2,2-3H3,(H,26,31)(H,27,30). The van der Waals surface area contributed by atoms with Gasteiger partial charge < -0.3 is 20.3 Å². The molecule has 3 rings (SSSR count). The van der Waals surface area contributed by atoms with Gasteiger partial charge in [0.25, 0.3) is 11.8 Å². The van der Waals surface area contributed by atoms with Gasteiger partial charge in [0.1, 0.15) is 12.1 Å². The van der Waals surface area contributed by atoms with Crippen molar-refractivity contribution in [3.63, 3.8) is 0 Å². The van der Waals surface area contributed by atoms with E-state index in [0.717, 1.165) is 28.4 Å². The van der Waals surface area contributed by atoms with Gasteiger partial charge in [-0.3, -0.25) is 14.4 Å². The molecule has 0 bridgehead atoms. The number of carbonyl (C=O) groups is 3. The quantitative estimate of drug-likeness (QED) is 0.645. The van der Waals surface area contributed by atoms with Crippen LogP contribution >= 0.6 is 11.3 Å². The summed E-state index contributed by atoms with van der Waals surface area (Å²) in [6.07, 6.45) is 0.518. The maximum absolute atomic E-state index is 13.7. The number of carbonyl (C=O) groups excluding carboxylic acids is 3. The van der Waals surface area contributed by atoms with E-state index in [1.54, 1.807) is 6.07 Å². The van der Waals surface area contributed by atoms with Crippen LogP contribution in [-0.4, -0.2) is 43.0 Å². The van der Waals surface area contributed by atoms with E-state index < -0.39 is 35.0 Å². The first-order chi connectivity index (χ1) is 15.4. The highest BCUT2D eigenvalue weighted by Crippen LogP contribution is 2.39. The molecule has 174 valence electrons. The first-order valence-corrected chi connectivity index (χ1v) is 10.5. The lowest BCUT2D eigenvalue weighted by Gasteiger charge is -2.30. The second kappa shape index (κ2) is 9.25.